The van der Waals surface area contributed by atoms with Crippen LogP contribution >= 0.6 is 0 Å². The lowest BCUT2D eigenvalue weighted by Gasteiger charge is -2.09. The van der Waals surface area contributed by atoms with Gasteiger partial charge in [0.2, 0.25) is 0 Å². The molecule has 2 nitrogen and oxygen atoms in total. The molecule has 0 aliphatic rings. The SMILES string of the molecule is Cc1cc(-c2ccccc2)c(-c2ccccc2)oc1=O. The first-order valence-corrected chi connectivity index (χ1v) is 6.51. The van der Waals surface area contributed by atoms with Crippen LogP contribution in [0.1, 0.15) is 5.56 Å². The zero-order chi connectivity index (χ0) is 13.9. The molecule has 3 aromatic rings. The summed E-state index contributed by atoms with van der Waals surface area (Å²) >= 11 is 0. The van der Waals surface area contributed by atoms with Crippen LogP contribution in [0.3, 0.4) is 0 Å². The van der Waals surface area contributed by atoms with Gasteiger partial charge in [0.15, 0.2) is 0 Å². The molecule has 0 N–H and O–H groups in total. The summed E-state index contributed by atoms with van der Waals surface area (Å²) in [6.45, 7) is 1.77. The molecule has 20 heavy (non-hydrogen) atoms. The van der Waals surface area contributed by atoms with Gasteiger partial charge in [0.05, 0.1) is 0 Å². The summed E-state index contributed by atoms with van der Waals surface area (Å²) in [5, 5.41) is 0. The molecule has 0 spiro atoms. The average Bonchev–Trinajstić information content (AvgIpc) is 2.51. The predicted molar refractivity (Wildman–Crippen MR) is 80.6 cm³/mol. The van der Waals surface area contributed by atoms with Crippen LogP contribution in [-0.4, -0.2) is 0 Å². The molecule has 3 rings (SSSR count). The summed E-state index contributed by atoms with van der Waals surface area (Å²) in [4.78, 5) is 11.8. The molecule has 1 aromatic heterocycles. The molecule has 0 amide bonds. The largest absolute Gasteiger partial charge is 0.422 e. The van der Waals surface area contributed by atoms with Crippen molar-refractivity contribution in [2.45, 2.75) is 6.92 Å². The molecule has 0 aliphatic carbocycles. The summed E-state index contributed by atoms with van der Waals surface area (Å²) in [5.74, 6) is 0.618. The van der Waals surface area contributed by atoms with Crippen molar-refractivity contribution in [1.29, 1.82) is 0 Å². The third-order valence-electron chi connectivity index (χ3n) is 3.24. The van der Waals surface area contributed by atoms with E-state index in [0.29, 0.717) is 11.3 Å². The van der Waals surface area contributed by atoms with Crippen molar-refractivity contribution in [1.82, 2.24) is 0 Å². The van der Waals surface area contributed by atoms with Crippen LogP contribution in [0.25, 0.3) is 22.5 Å². The molecule has 0 saturated heterocycles. The maximum Gasteiger partial charge on any atom is 0.339 e. The van der Waals surface area contributed by atoms with E-state index in [9.17, 15) is 4.79 Å². The molecule has 0 radical (unpaired) electrons. The van der Waals surface area contributed by atoms with Crippen LogP contribution < -0.4 is 5.63 Å². The number of hydrogen-bond donors (Lipinski definition) is 0. The van der Waals surface area contributed by atoms with E-state index in [0.717, 1.165) is 16.7 Å². The minimum Gasteiger partial charge on any atom is -0.422 e. The van der Waals surface area contributed by atoms with Gasteiger partial charge < -0.3 is 4.42 Å². The van der Waals surface area contributed by atoms with E-state index >= 15 is 0 Å². The van der Waals surface area contributed by atoms with Crippen LogP contribution in [0.4, 0.5) is 0 Å². The van der Waals surface area contributed by atoms with Gasteiger partial charge in [0.1, 0.15) is 5.76 Å². The molecule has 0 fully saturated rings. The van der Waals surface area contributed by atoms with Crippen LogP contribution in [0.15, 0.2) is 75.9 Å². The molecule has 0 atom stereocenters. The average molecular weight is 262 g/mol. The minimum atomic E-state index is -0.288. The van der Waals surface area contributed by atoms with Gasteiger partial charge in [-0.1, -0.05) is 60.7 Å². The Bertz CT molecular complexity index is 772. The fraction of sp³-hybridized carbons (Fsp3) is 0.0556. The van der Waals surface area contributed by atoms with Crippen LogP contribution in [0.5, 0.6) is 0 Å². The van der Waals surface area contributed by atoms with Crippen molar-refractivity contribution in [2.75, 3.05) is 0 Å². The first-order chi connectivity index (χ1) is 9.75. The topological polar surface area (TPSA) is 30.2 Å². The summed E-state index contributed by atoms with van der Waals surface area (Å²) in [6.07, 6.45) is 0. The van der Waals surface area contributed by atoms with E-state index in [1.54, 1.807) is 6.92 Å². The van der Waals surface area contributed by atoms with Gasteiger partial charge in [0, 0.05) is 16.7 Å². The van der Waals surface area contributed by atoms with Crippen molar-refractivity contribution >= 4 is 0 Å². The second-order valence-electron chi connectivity index (χ2n) is 4.69. The fourth-order valence-electron chi connectivity index (χ4n) is 2.21. The zero-order valence-corrected chi connectivity index (χ0v) is 11.2. The van der Waals surface area contributed by atoms with Gasteiger partial charge in [-0.05, 0) is 18.6 Å². The Morgan fingerprint density at radius 1 is 0.800 bits per heavy atom. The second kappa shape index (κ2) is 5.17. The monoisotopic (exact) mass is 262 g/mol. The van der Waals surface area contributed by atoms with Gasteiger partial charge in [-0.25, -0.2) is 4.79 Å². The standard InChI is InChI=1S/C18H14O2/c1-13-12-16(14-8-4-2-5-9-14)17(20-18(13)19)15-10-6-3-7-11-15/h2-12H,1H3. The summed E-state index contributed by atoms with van der Waals surface area (Å²) in [6, 6.07) is 21.5. The maximum atomic E-state index is 11.8. The molecule has 2 aromatic carbocycles. The van der Waals surface area contributed by atoms with Crippen LogP contribution in [0.2, 0.25) is 0 Å². The predicted octanol–water partition coefficient (Wildman–Crippen LogP) is 4.28. The van der Waals surface area contributed by atoms with Gasteiger partial charge in [-0.15, -0.1) is 0 Å². The molecule has 1 heterocycles. The zero-order valence-electron chi connectivity index (χ0n) is 11.2. The van der Waals surface area contributed by atoms with Crippen molar-refractivity contribution in [3.8, 4) is 22.5 Å². The number of aryl methyl sites for hydroxylation is 1. The van der Waals surface area contributed by atoms with E-state index < -0.39 is 0 Å². The maximum absolute atomic E-state index is 11.8. The number of rotatable bonds is 2. The lowest BCUT2D eigenvalue weighted by atomic mass is 9.99. The van der Waals surface area contributed by atoms with Gasteiger partial charge in [0.25, 0.3) is 0 Å². The Morgan fingerprint density at radius 2 is 1.35 bits per heavy atom. The number of hydrogen-bond acceptors (Lipinski definition) is 2. The van der Waals surface area contributed by atoms with E-state index in [2.05, 4.69) is 0 Å². The van der Waals surface area contributed by atoms with Gasteiger partial charge in [-0.2, -0.15) is 0 Å². The summed E-state index contributed by atoms with van der Waals surface area (Å²) < 4.78 is 5.52. The van der Waals surface area contributed by atoms with E-state index in [4.69, 9.17) is 4.42 Å². The third-order valence-corrected chi connectivity index (χ3v) is 3.24. The Hall–Kier alpha value is -2.61. The van der Waals surface area contributed by atoms with E-state index in [1.165, 1.54) is 0 Å². The molecule has 2 heteroatoms. The lowest BCUT2D eigenvalue weighted by molar-refractivity contribution is 0.522. The molecule has 98 valence electrons. The number of benzene rings is 2. The highest BCUT2D eigenvalue weighted by atomic mass is 16.4. The summed E-state index contributed by atoms with van der Waals surface area (Å²) in [5.41, 5.74) is 3.21. The second-order valence-corrected chi connectivity index (χ2v) is 4.69. The molecular formula is C18H14O2. The van der Waals surface area contributed by atoms with E-state index in [-0.39, 0.29) is 5.63 Å². The molecule has 0 unspecified atom stereocenters. The molecular weight excluding hydrogens is 248 g/mol. The first-order valence-electron chi connectivity index (χ1n) is 6.51. The van der Waals surface area contributed by atoms with Crippen molar-refractivity contribution in [3.05, 3.63) is 82.7 Å². The molecule has 0 aliphatic heterocycles. The molecule has 0 bridgehead atoms. The van der Waals surface area contributed by atoms with Crippen molar-refractivity contribution in [3.63, 3.8) is 0 Å². The van der Waals surface area contributed by atoms with Crippen molar-refractivity contribution < 1.29 is 4.42 Å². The lowest BCUT2D eigenvalue weighted by Crippen LogP contribution is -2.04. The Balaban J connectivity index is 2.29. The summed E-state index contributed by atoms with van der Waals surface area (Å²) in [7, 11) is 0. The smallest absolute Gasteiger partial charge is 0.339 e. The highest BCUT2D eigenvalue weighted by molar-refractivity contribution is 5.79. The third kappa shape index (κ3) is 2.28. The van der Waals surface area contributed by atoms with Crippen LogP contribution in [0, 0.1) is 6.92 Å². The van der Waals surface area contributed by atoms with Crippen LogP contribution in [-0.2, 0) is 0 Å². The fourth-order valence-corrected chi connectivity index (χ4v) is 2.21. The molecule has 0 saturated carbocycles. The van der Waals surface area contributed by atoms with Crippen molar-refractivity contribution in [2.24, 2.45) is 0 Å². The Labute approximate surface area is 117 Å². The highest BCUT2D eigenvalue weighted by Crippen LogP contribution is 2.31. The Morgan fingerprint density at radius 3 is 1.95 bits per heavy atom. The quantitative estimate of drug-likeness (QED) is 0.690. The van der Waals surface area contributed by atoms with Gasteiger partial charge in [-0.3, -0.25) is 0 Å². The van der Waals surface area contributed by atoms with E-state index in [1.807, 2.05) is 66.7 Å². The minimum absolute atomic E-state index is 0.288. The van der Waals surface area contributed by atoms with Gasteiger partial charge >= 0.3 is 5.63 Å². The Kier molecular flexibility index (Phi) is 3.21. The highest BCUT2D eigenvalue weighted by Gasteiger charge is 2.12. The normalized spacial score (nSPS) is 10.4. The first kappa shape index (κ1) is 12.4.